The molecule has 2 fully saturated rings. The first-order chi connectivity index (χ1) is 6.57. The molecule has 78 valence electrons. The number of nitrogens with two attached hydrogens (primary N) is 1. The topological polar surface area (TPSA) is 63.4 Å². The number of piperidine rings is 1. The van der Waals surface area contributed by atoms with Crippen molar-refractivity contribution < 1.29 is 9.59 Å². The molecule has 0 aromatic heterocycles. The molecular weight excluding hydrogens is 180 g/mol. The van der Waals surface area contributed by atoms with Crippen LogP contribution in [0.5, 0.6) is 0 Å². The second-order valence-electron chi connectivity index (χ2n) is 4.54. The first-order valence-electron chi connectivity index (χ1n) is 5.15. The maximum absolute atomic E-state index is 11.7. The van der Waals surface area contributed by atoms with Gasteiger partial charge in [-0.3, -0.25) is 14.5 Å². The van der Waals surface area contributed by atoms with Crippen LogP contribution in [-0.2, 0) is 9.59 Å². The average Bonchev–Trinajstić information content (AvgIpc) is 2.85. The molecule has 2 N–H and O–H groups in total. The molecule has 1 saturated heterocycles. The summed E-state index contributed by atoms with van der Waals surface area (Å²) in [6.45, 7) is 4.35. The Bertz CT molecular complexity index is 268. The SMILES string of the molecule is CC(C)C(CN)N1C(=O)C2CC2C1=O. The van der Waals surface area contributed by atoms with Gasteiger partial charge in [0, 0.05) is 6.54 Å². The molecule has 1 aliphatic heterocycles. The van der Waals surface area contributed by atoms with E-state index < -0.39 is 0 Å². The van der Waals surface area contributed by atoms with Gasteiger partial charge < -0.3 is 5.73 Å². The third kappa shape index (κ3) is 1.17. The minimum atomic E-state index is -0.109. The Morgan fingerprint density at radius 1 is 1.36 bits per heavy atom. The number of nitrogens with zero attached hydrogens (tertiary/aromatic N) is 1. The van der Waals surface area contributed by atoms with Gasteiger partial charge in [0.15, 0.2) is 0 Å². The molecule has 0 bridgehead atoms. The molecule has 14 heavy (non-hydrogen) atoms. The summed E-state index contributed by atoms with van der Waals surface area (Å²) in [6, 6.07) is -0.109. The molecule has 1 heterocycles. The van der Waals surface area contributed by atoms with Gasteiger partial charge in [-0.2, -0.15) is 0 Å². The molecule has 2 rings (SSSR count). The van der Waals surface area contributed by atoms with Gasteiger partial charge in [0.05, 0.1) is 17.9 Å². The molecule has 3 atom stereocenters. The lowest BCUT2D eigenvalue weighted by Crippen LogP contribution is -2.48. The van der Waals surface area contributed by atoms with Crippen LogP contribution in [0.1, 0.15) is 20.3 Å². The van der Waals surface area contributed by atoms with Gasteiger partial charge >= 0.3 is 0 Å². The molecule has 2 aliphatic rings. The average molecular weight is 196 g/mol. The number of fused-ring (bicyclic) bond motifs is 1. The van der Waals surface area contributed by atoms with Crippen molar-refractivity contribution in [2.24, 2.45) is 23.5 Å². The summed E-state index contributed by atoms with van der Waals surface area (Å²) < 4.78 is 0. The quantitative estimate of drug-likeness (QED) is 0.645. The Morgan fingerprint density at radius 3 is 2.21 bits per heavy atom. The Hall–Kier alpha value is -0.900. The normalized spacial score (nSPS) is 32.4. The van der Waals surface area contributed by atoms with Crippen LogP contribution in [-0.4, -0.2) is 29.3 Å². The Balaban J connectivity index is 2.17. The molecular formula is C10H16N2O2. The van der Waals surface area contributed by atoms with Gasteiger partial charge in [-0.1, -0.05) is 13.8 Å². The molecule has 3 unspecified atom stereocenters. The van der Waals surface area contributed by atoms with E-state index in [1.807, 2.05) is 13.8 Å². The van der Waals surface area contributed by atoms with Crippen molar-refractivity contribution in [3.8, 4) is 0 Å². The van der Waals surface area contributed by atoms with Crippen LogP contribution in [0.25, 0.3) is 0 Å². The summed E-state index contributed by atoms with van der Waals surface area (Å²) in [6.07, 6.45) is 0.767. The molecule has 0 aromatic rings. The lowest BCUT2D eigenvalue weighted by molar-refractivity contribution is -0.144. The molecule has 0 aromatic carbocycles. The van der Waals surface area contributed by atoms with Crippen molar-refractivity contribution in [2.45, 2.75) is 26.3 Å². The lowest BCUT2D eigenvalue weighted by Gasteiger charge is -2.29. The van der Waals surface area contributed by atoms with Crippen molar-refractivity contribution in [3.05, 3.63) is 0 Å². The van der Waals surface area contributed by atoms with Crippen LogP contribution >= 0.6 is 0 Å². The zero-order valence-electron chi connectivity index (χ0n) is 8.56. The van der Waals surface area contributed by atoms with Gasteiger partial charge in [-0.25, -0.2) is 0 Å². The highest BCUT2D eigenvalue weighted by Crippen LogP contribution is 2.48. The highest BCUT2D eigenvalue weighted by molar-refractivity contribution is 6.09. The van der Waals surface area contributed by atoms with Crippen LogP contribution in [0.3, 0.4) is 0 Å². The van der Waals surface area contributed by atoms with E-state index in [0.717, 1.165) is 6.42 Å². The highest BCUT2D eigenvalue weighted by Gasteiger charge is 2.60. The minimum absolute atomic E-state index is 0.00384. The zero-order chi connectivity index (χ0) is 10.5. The van der Waals surface area contributed by atoms with Crippen LogP contribution in [0.2, 0.25) is 0 Å². The van der Waals surface area contributed by atoms with Gasteiger partial charge in [-0.05, 0) is 12.3 Å². The second-order valence-corrected chi connectivity index (χ2v) is 4.54. The summed E-state index contributed by atoms with van der Waals surface area (Å²) in [5, 5.41) is 0. The highest BCUT2D eigenvalue weighted by atomic mass is 16.2. The third-order valence-electron chi connectivity index (χ3n) is 3.24. The van der Waals surface area contributed by atoms with Crippen molar-refractivity contribution in [1.82, 2.24) is 4.90 Å². The maximum Gasteiger partial charge on any atom is 0.233 e. The zero-order valence-corrected chi connectivity index (χ0v) is 8.56. The predicted molar refractivity (Wildman–Crippen MR) is 51.1 cm³/mol. The fourth-order valence-corrected chi connectivity index (χ4v) is 2.21. The van der Waals surface area contributed by atoms with E-state index >= 15 is 0 Å². The molecule has 1 aliphatic carbocycles. The standard InChI is InChI=1S/C10H16N2O2/c1-5(2)8(4-11)12-9(13)6-3-7(6)10(12)14/h5-8H,3-4,11H2,1-2H3. The smallest absolute Gasteiger partial charge is 0.233 e. The minimum Gasteiger partial charge on any atom is -0.328 e. The number of imide groups is 1. The van der Waals surface area contributed by atoms with Crippen molar-refractivity contribution >= 4 is 11.8 Å². The summed E-state index contributed by atoms with van der Waals surface area (Å²) in [7, 11) is 0. The van der Waals surface area contributed by atoms with E-state index in [9.17, 15) is 9.59 Å². The van der Waals surface area contributed by atoms with E-state index in [1.165, 1.54) is 4.90 Å². The number of carbonyl (C=O) groups excluding carboxylic acids is 2. The van der Waals surface area contributed by atoms with Crippen molar-refractivity contribution in [3.63, 3.8) is 0 Å². The summed E-state index contributed by atoms with van der Waals surface area (Å²) in [4.78, 5) is 24.8. The first kappa shape index (κ1) is 9.65. The number of amides is 2. The maximum atomic E-state index is 11.7. The number of likely N-dealkylation sites (tertiary alicyclic amines) is 1. The fourth-order valence-electron chi connectivity index (χ4n) is 2.21. The van der Waals surface area contributed by atoms with Gasteiger partial charge in [0.1, 0.15) is 0 Å². The predicted octanol–water partition coefficient (Wildman–Crippen LogP) is -0.0254. The van der Waals surface area contributed by atoms with E-state index in [-0.39, 0.29) is 35.6 Å². The molecule has 4 nitrogen and oxygen atoms in total. The van der Waals surface area contributed by atoms with Crippen LogP contribution in [0, 0.1) is 17.8 Å². The second kappa shape index (κ2) is 3.05. The molecule has 4 heteroatoms. The van der Waals surface area contributed by atoms with Gasteiger partial charge in [0.2, 0.25) is 11.8 Å². The van der Waals surface area contributed by atoms with Crippen LogP contribution < -0.4 is 5.73 Å². The van der Waals surface area contributed by atoms with E-state index in [1.54, 1.807) is 0 Å². The van der Waals surface area contributed by atoms with Crippen molar-refractivity contribution in [2.75, 3.05) is 6.54 Å². The largest absolute Gasteiger partial charge is 0.328 e. The van der Waals surface area contributed by atoms with Crippen LogP contribution in [0.15, 0.2) is 0 Å². The van der Waals surface area contributed by atoms with E-state index in [0.29, 0.717) is 6.54 Å². The number of hydrogen-bond donors (Lipinski definition) is 1. The van der Waals surface area contributed by atoms with E-state index in [4.69, 9.17) is 5.73 Å². The Kier molecular flexibility index (Phi) is 2.10. The van der Waals surface area contributed by atoms with Gasteiger partial charge in [0.25, 0.3) is 0 Å². The molecule has 0 radical (unpaired) electrons. The van der Waals surface area contributed by atoms with Crippen molar-refractivity contribution in [1.29, 1.82) is 0 Å². The van der Waals surface area contributed by atoms with E-state index in [2.05, 4.69) is 0 Å². The summed E-state index contributed by atoms with van der Waals surface area (Å²) >= 11 is 0. The number of hydrogen-bond acceptors (Lipinski definition) is 3. The Labute approximate surface area is 83.4 Å². The number of rotatable bonds is 3. The summed E-state index contributed by atoms with van der Waals surface area (Å²) in [5.41, 5.74) is 5.59. The monoisotopic (exact) mass is 196 g/mol. The molecule has 1 saturated carbocycles. The summed E-state index contributed by atoms with van der Waals surface area (Å²) in [5.74, 6) is 0.240. The first-order valence-corrected chi connectivity index (χ1v) is 5.15. The Morgan fingerprint density at radius 2 is 1.86 bits per heavy atom. The number of carbonyl (C=O) groups is 2. The molecule has 2 amide bonds. The molecule has 0 spiro atoms. The van der Waals surface area contributed by atoms with Gasteiger partial charge in [-0.15, -0.1) is 0 Å². The fraction of sp³-hybridized carbons (Fsp3) is 0.800. The third-order valence-corrected chi connectivity index (χ3v) is 3.24. The lowest BCUT2D eigenvalue weighted by atomic mass is 10.0. The van der Waals surface area contributed by atoms with Crippen LogP contribution in [0.4, 0.5) is 0 Å².